The first-order chi connectivity index (χ1) is 13.5. The number of benzene rings is 1. The second-order valence-corrected chi connectivity index (χ2v) is 8.80. The normalized spacial score (nSPS) is 16.9. The van der Waals surface area contributed by atoms with Gasteiger partial charge in [0.1, 0.15) is 0 Å². The van der Waals surface area contributed by atoms with Crippen molar-refractivity contribution < 1.29 is 14.7 Å². The third kappa shape index (κ3) is 3.16. The van der Waals surface area contributed by atoms with Gasteiger partial charge in [-0.3, -0.25) is 9.59 Å². The maximum atomic E-state index is 13.3. The molecule has 1 aliphatic rings. The van der Waals surface area contributed by atoms with Crippen LogP contribution in [-0.4, -0.2) is 26.7 Å². The highest BCUT2D eigenvalue weighted by atomic mass is 32.1. The highest BCUT2D eigenvalue weighted by Crippen LogP contribution is 2.41. The molecule has 5 nitrogen and oxygen atoms in total. The summed E-state index contributed by atoms with van der Waals surface area (Å²) in [7, 11) is 0. The van der Waals surface area contributed by atoms with Gasteiger partial charge < -0.3 is 10.0 Å². The Morgan fingerprint density at radius 2 is 1.93 bits per heavy atom. The van der Waals surface area contributed by atoms with E-state index in [0.29, 0.717) is 17.1 Å². The molecule has 28 heavy (non-hydrogen) atoms. The third-order valence-electron chi connectivity index (χ3n) is 4.68. The summed E-state index contributed by atoms with van der Waals surface area (Å²) < 4.78 is 0. The number of carbonyl (C=O) groups excluding carboxylic acids is 2. The molecule has 1 atom stereocenters. The van der Waals surface area contributed by atoms with E-state index in [-0.39, 0.29) is 11.4 Å². The van der Waals surface area contributed by atoms with Crippen molar-refractivity contribution in [2.75, 3.05) is 0 Å². The number of ketones is 1. The van der Waals surface area contributed by atoms with Crippen LogP contribution in [0, 0.1) is 13.8 Å². The Morgan fingerprint density at radius 3 is 2.54 bits per heavy atom. The molecule has 0 aliphatic carbocycles. The van der Waals surface area contributed by atoms with Crippen molar-refractivity contribution in [3.8, 4) is 0 Å². The number of aliphatic hydroxyl groups is 1. The van der Waals surface area contributed by atoms with Crippen molar-refractivity contribution in [3.63, 3.8) is 0 Å². The second-order valence-electron chi connectivity index (χ2n) is 6.56. The minimum absolute atomic E-state index is 0.125. The smallest absolute Gasteiger partial charge is 0.290 e. The summed E-state index contributed by atoms with van der Waals surface area (Å²) in [6, 6.07) is 12.6. The van der Waals surface area contributed by atoms with Crippen LogP contribution in [0.15, 0.2) is 59.2 Å². The number of thiophene rings is 1. The quantitative estimate of drug-likeness (QED) is 0.624. The van der Waals surface area contributed by atoms with Gasteiger partial charge in [-0.05, 0) is 30.9 Å². The van der Waals surface area contributed by atoms with Crippen LogP contribution in [0.5, 0.6) is 0 Å². The summed E-state index contributed by atoms with van der Waals surface area (Å²) in [6.07, 6.45) is 0. The summed E-state index contributed by atoms with van der Waals surface area (Å²) in [5, 5.41) is 13.4. The average Bonchev–Trinajstić information content (AvgIpc) is 3.37. The van der Waals surface area contributed by atoms with E-state index in [1.807, 2.05) is 54.8 Å². The zero-order valence-electron chi connectivity index (χ0n) is 15.4. The van der Waals surface area contributed by atoms with Crippen molar-refractivity contribution in [1.82, 2.24) is 9.88 Å². The molecule has 4 rings (SSSR count). The minimum atomic E-state index is -0.634. The van der Waals surface area contributed by atoms with Gasteiger partial charge in [-0.25, -0.2) is 4.98 Å². The van der Waals surface area contributed by atoms with Crippen molar-refractivity contribution in [2.45, 2.75) is 26.4 Å². The number of rotatable bonds is 5. The van der Waals surface area contributed by atoms with Crippen LogP contribution in [0.4, 0.5) is 0 Å². The Hall–Kier alpha value is -2.77. The van der Waals surface area contributed by atoms with E-state index in [2.05, 4.69) is 4.98 Å². The van der Waals surface area contributed by atoms with Crippen molar-refractivity contribution >= 4 is 34.4 Å². The molecule has 142 valence electrons. The number of hydrogen-bond donors (Lipinski definition) is 1. The van der Waals surface area contributed by atoms with Crippen LogP contribution < -0.4 is 0 Å². The predicted octanol–water partition coefficient (Wildman–Crippen LogP) is 4.60. The molecule has 0 spiro atoms. The number of nitrogens with zero attached hydrogens (tertiary/aromatic N) is 2. The number of hydrogen-bond acceptors (Lipinski definition) is 6. The standard InChI is InChI=1S/C21H18N2O3S2/c1-12-20(28-13(2)22-12)18(24)16-17(14-7-4-3-5-8-14)23(21(26)19(16)25)11-15-9-6-10-27-15/h3-10,17,25H,11H2,1-2H3. The van der Waals surface area contributed by atoms with Crippen molar-refractivity contribution in [3.05, 3.63) is 85.2 Å². The molecule has 0 saturated heterocycles. The van der Waals surface area contributed by atoms with Gasteiger partial charge in [0.25, 0.3) is 5.91 Å². The molecule has 3 heterocycles. The molecule has 0 fully saturated rings. The molecule has 1 unspecified atom stereocenters. The molecule has 1 N–H and O–H groups in total. The van der Waals surface area contributed by atoms with Gasteiger partial charge in [-0.2, -0.15) is 0 Å². The zero-order chi connectivity index (χ0) is 19.8. The van der Waals surface area contributed by atoms with E-state index >= 15 is 0 Å². The molecule has 2 aromatic heterocycles. The lowest BCUT2D eigenvalue weighted by atomic mass is 9.95. The number of carbonyl (C=O) groups is 2. The first-order valence-electron chi connectivity index (χ1n) is 8.77. The van der Waals surface area contributed by atoms with Gasteiger partial charge in [0.2, 0.25) is 5.78 Å². The maximum absolute atomic E-state index is 13.3. The molecule has 0 radical (unpaired) electrons. The number of thiazole rings is 1. The van der Waals surface area contributed by atoms with E-state index < -0.39 is 17.7 Å². The first kappa shape index (κ1) is 18.6. The number of aromatic nitrogens is 1. The van der Waals surface area contributed by atoms with E-state index in [9.17, 15) is 14.7 Å². The van der Waals surface area contributed by atoms with E-state index in [1.165, 1.54) is 22.7 Å². The zero-order valence-corrected chi connectivity index (χ0v) is 17.0. The van der Waals surface area contributed by atoms with Crippen molar-refractivity contribution in [2.24, 2.45) is 0 Å². The summed E-state index contributed by atoms with van der Waals surface area (Å²) in [6.45, 7) is 3.93. The molecule has 1 amide bonds. The monoisotopic (exact) mass is 410 g/mol. The Bertz CT molecular complexity index is 1070. The van der Waals surface area contributed by atoms with Crippen molar-refractivity contribution in [1.29, 1.82) is 0 Å². The number of aryl methyl sites for hydroxylation is 2. The summed E-state index contributed by atoms with van der Waals surface area (Å²) in [4.78, 5) is 33.6. The minimum Gasteiger partial charge on any atom is -0.503 e. The van der Waals surface area contributed by atoms with Crippen LogP contribution in [0.25, 0.3) is 0 Å². The molecule has 1 aliphatic heterocycles. The molecule has 0 saturated carbocycles. The number of aliphatic hydroxyl groups excluding tert-OH is 1. The lowest BCUT2D eigenvalue weighted by Gasteiger charge is -2.26. The molecule has 0 bridgehead atoms. The fraction of sp³-hybridized carbons (Fsp3) is 0.190. The second kappa shape index (κ2) is 7.33. The summed E-state index contributed by atoms with van der Waals surface area (Å²) in [5.41, 5.74) is 1.53. The fourth-order valence-corrected chi connectivity index (χ4v) is 5.04. The average molecular weight is 411 g/mol. The lowest BCUT2D eigenvalue weighted by Crippen LogP contribution is -2.30. The van der Waals surface area contributed by atoms with Crippen LogP contribution in [-0.2, 0) is 11.3 Å². The van der Waals surface area contributed by atoms with E-state index in [4.69, 9.17) is 0 Å². The van der Waals surface area contributed by atoms with Crippen LogP contribution in [0.3, 0.4) is 0 Å². The highest BCUT2D eigenvalue weighted by Gasteiger charge is 2.44. The largest absolute Gasteiger partial charge is 0.503 e. The predicted molar refractivity (Wildman–Crippen MR) is 110 cm³/mol. The summed E-state index contributed by atoms with van der Waals surface area (Å²) >= 11 is 2.82. The topological polar surface area (TPSA) is 70.5 Å². The molecular weight excluding hydrogens is 392 g/mol. The van der Waals surface area contributed by atoms with Gasteiger partial charge >= 0.3 is 0 Å². The Labute approximate surface area is 170 Å². The summed E-state index contributed by atoms with van der Waals surface area (Å²) in [5.74, 6) is -1.33. The Morgan fingerprint density at radius 1 is 1.18 bits per heavy atom. The van der Waals surface area contributed by atoms with E-state index in [1.54, 1.807) is 11.8 Å². The molecule has 3 aromatic rings. The first-order valence-corrected chi connectivity index (χ1v) is 10.5. The van der Waals surface area contributed by atoms with Gasteiger partial charge in [-0.15, -0.1) is 22.7 Å². The van der Waals surface area contributed by atoms with Crippen LogP contribution in [0.1, 0.15) is 36.9 Å². The third-order valence-corrected chi connectivity index (χ3v) is 6.61. The maximum Gasteiger partial charge on any atom is 0.290 e. The highest BCUT2D eigenvalue weighted by molar-refractivity contribution is 7.14. The Kier molecular flexibility index (Phi) is 4.87. The number of amides is 1. The Balaban J connectivity index is 1.81. The number of Topliss-reactive ketones (excluding diaryl/α,β-unsaturated/α-hetero) is 1. The fourth-order valence-electron chi connectivity index (χ4n) is 3.47. The molecule has 7 heteroatoms. The molecular formula is C21H18N2O3S2. The van der Waals surface area contributed by atoms with E-state index in [0.717, 1.165) is 15.4 Å². The van der Waals surface area contributed by atoms with Crippen LogP contribution in [0.2, 0.25) is 0 Å². The van der Waals surface area contributed by atoms with Gasteiger partial charge in [0.05, 0.1) is 33.7 Å². The molecule has 1 aromatic carbocycles. The lowest BCUT2D eigenvalue weighted by molar-refractivity contribution is -0.130. The van der Waals surface area contributed by atoms with Gasteiger partial charge in [0.15, 0.2) is 5.76 Å². The SMILES string of the molecule is Cc1nc(C)c(C(=O)C2=C(O)C(=O)N(Cc3cccs3)C2c2ccccc2)s1. The van der Waals surface area contributed by atoms with Gasteiger partial charge in [-0.1, -0.05) is 36.4 Å². The van der Waals surface area contributed by atoms with Crippen LogP contribution >= 0.6 is 22.7 Å². The van der Waals surface area contributed by atoms with Gasteiger partial charge in [0, 0.05) is 4.88 Å².